The molecule has 0 amide bonds. The van der Waals surface area contributed by atoms with Crippen LogP contribution in [0.5, 0.6) is 5.75 Å². The van der Waals surface area contributed by atoms with Crippen LogP contribution < -0.4 is 10.1 Å². The summed E-state index contributed by atoms with van der Waals surface area (Å²) in [6, 6.07) is 8.62. The van der Waals surface area contributed by atoms with Gasteiger partial charge in [0, 0.05) is 38.9 Å². The molecule has 10 nitrogen and oxygen atoms in total. The highest BCUT2D eigenvalue weighted by molar-refractivity contribution is 5.29. The summed E-state index contributed by atoms with van der Waals surface area (Å²) >= 11 is 0. The number of nitrogens with zero attached hydrogens (tertiary/aromatic N) is 1. The van der Waals surface area contributed by atoms with Crippen LogP contribution in [0.4, 0.5) is 0 Å². The van der Waals surface area contributed by atoms with Crippen molar-refractivity contribution in [2.24, 2.45) is 0 Å². The van der Waals surface area contributed by atoms with Crippen LogP contribution in [0.2, 0.25) is 0 Å². The van der Waals surface area contributed by atoms with E-state index in [1.165, 1.54) is 18.4 Å². The lowest BCUT2D eigenvalue weighted by atomic mass is 10.1. The van der Waals surface area contributed by atoms with Gasteiger partial charge in [-0.15, -0.1) is 0 Å². The zero-order chi connectivity index (χ0) is 28.4. The van der Waals surface area contributed by atoms with Gasteiger partial charge in [-0.05, 0) is 69.7 Å². The lowest BCUT2D eigenvalue weighted by Gasteiger charge is -2.24. The Bertz CT molecular complexity index is 789. The Morgan fingerprint density at radius 2 is 1.37 bits per heavy atom. The normalized spacial score (nSPS) is 24.5. The Morgan fingerprint density at radius 1 is 0.756 bits per heavy atom. The van der Waals surface area contributed by atoms with Crippen LogP contribution >= 0.6 is 0 Å². The fourth-order valence-corrected chi connectivity index (χ4v) is 5.38. The zero-order valence-electron chi connectivity index (χ0n) is 25.0. The van der Waals surface area contributed by atoms with E-state index < -0.39 is 0 Å². The van der Waals surface area contributed by atoms with Gasteiger partial charge in [-0.2, -0.15) is 0 Å². The van der Waals surface area contributed by atoms with Gasteiger partial charge in [0.2, 0.25) is 0 Å². The third-order valence-electron chi connectivity index (χ3n) is 7.72. The molecule has 0 aliphatic carbocycles. The first-order valence-electron chi connectivity index (χ1n) is 15.7. The van der Waals surface area contributed by atoms with E-state index in [9.17, 15) is 0 Å². The quantitative estimate of drug-likeness (QED) is 0.231. The number of benzene rings is 1. The monoisotopic (exact) mass is 580 g/mol. The molecule has 1 N–H and O–H groups in total. The highest BCUT2D eigenvalue weighted by Crippen LogP contribution is 2.22. The van der Waals surface area contributed by atoms with Crippen LogP contribution in [-0.2, 0) is 33.2 Å². The maximum atomic E-state index is 6.07. The average Bonchev–Trinajstić information content (AvgIpc) is 3.47. The van der Waals surface area contributed by atoms with E-state index in [4.69, 9.17) is 37.9 Å². The molecule has 3 fully saturated rings. The first kappa shape index (κ1) is 32.6. The van der Waals surface area contributed by atoms with Crippen molar-refractivity contribution in [2.75, 3.05) is 92.8 Å². The van der Waals surface area contributed by atoms with E-state index in [-0.39, 0.29) is 24.7 Å². The van der Waals surface area contributed by atoms with Crippen LogP contribution in [-0.4, -0.2) is 116 Å². The van der Waals surface area contributed by atoms with Gasteiger partial charge in [0.1, 0.15) is 12.4 Å². The number of likely N-dealkylation sites (tertiary alicyclic amines) is 1. The minimum Gasteiger partial charge on any atom is -0.491 e. The van der Waals surface area contributed by atoms with Crippen LogP contribution in [0.15, 0.2) is 24.3 Å². The number of rotatable bonds is 20. The second-order valence-corrected chi connectivity index (χ2v) is 10.9. The van der Waals surface area contributed by atoms with Gasteiger partial charge in [0.05, 0.1) is 52.4 Å². The van der Waals surface area contributed by atoms with E-state index in [1.807, 2.05) is 19.2 Å². The molecule has 41 heavy (non-hydrogen) atoms. The maximum absolute atomic E-state index is 6.07. The summed E-state index contributed by atoms with van der Waals surface area (Å²) in [6.45, 7) is 9.03. The lowest BCUT2D eigenvalue weighted by Crippen LogP contribution is -2.33. The number of hydrogen-bond acceptors (Lipinski definition) is 10. The Hall–Kier alpha value is -1.34. The van der Waals surface area contributed by atoms with Gasteiger partial charge in [-0.1, -0.05) is 12.1 Å². The van der Waals surface area contributed by atoms with Gasteiger partial charge < -0.3 is 43.2 Å². The van der Waals surface area contributed by atoms with Crippen LogP contribution in [0.25, 0.3) is 0 Å². The number of nitrogens with one attached hydrogen (secondary N) is 1. The molecular weight excluding hydrogens is 528 g/mol. The summed E-state index contributed by atoms with van der Waals surface area (Å²) in [5, 5.41) is 3.47. The Labute approximate surface area is 246 Å². The van der Waals surface area contributed by atoms with Gasteiger partial charge in [-0.3, -0.25) is 4.90 Å². The number of likely N-dealkylation sites (N-methyl/N-ethyl adjacent to an activating group) is 1. The molecule has 1 aromatic carbocycles. The molecule has 3 saturated heterocycles. The average molecular weight is 581 g/mol. The van der Waals surface area contributed by atoms with Crippen molar-refractivity contribution in [1.82, 2.24) is 10.2 Å². The second kappa shape index (κ2) is 19.8. The molecule has 0 radical (unpaired) electrons. The Balaban J connectivity index is 0.996. The van der Waals surface area contributed by atoms with Crippen LogP contribution in [0.3, 0.4) is 0 Å². The van der Waals surface area contributed by atoms with Gasteiger partial charge in [0.25, 0.3) is 0 Å². The Morgan fingerprint density at radius 3 is 1.98 bits per heavy atom. The summed E-state index contributed by atoms with van der Waals surface area (Å²) in [5.41, 5.74) is 1.25. The second-order valence-electron chi connectivity index (χ2n) is 10.9. The fraction of sp³-hybridized carbons (Fsp3) is 0.806. The molecule has 1 aromatic rings. The van der Waals surface area contributed by atoms with Crippen molar-refractivity contribution >= 4 is 0 Å². The largest absolute Gasteiger partial charge is 0.491 e. The SMILES string of the molecule is CNC(CN1CCC(OCCOCCOCCOC2CCCCO2)C1)c1ccc(OCCOC2CCCCO2)cc1. The molecule has 0 aromatic heterocycles. The van der Waals surface area contributed by atoms with E-state index >= 15 is 0 Å². The maximum Gasteiger partial charge on any atom is 0.157 e. The molecule has 4 unspecified atom stereocenters. The van der Waals surface area contributed by atoms with Crippen LogP contribution in [0, 0.1) is 0 Å². The predicted octanol–water partition coefficient (Wildman–Crippen LogP) is 3.54. The smallest absolute Gasteiger partial charge is 0.157 e. The Kier molecular flexibility index (Phi) is 15.7. The van der Waals surface area contributed by atoms with Gasteiger partial charge >= 0.3 is 0 Å². The first-order valence-corrected chi connectivity index (χ1v) is 15.7. The molecule has 3 aliphatic rings. The van der Waals surface area contributed by atoms with Crippen LogP contribution in [0.1, 0.15) is 56.6 Å². The number of hydrogen-bond donors (Lipinski definition) is 1. The van der Waals surface area contributed by atoms with Crippen molar-refractivity contribution in [2.45, 2.75) is 69.7 Å². The molecule has 3 heterocycles. The fourth-order valence-electron chi connectivity index (χ4n) is 5.38. The van der Waals surface area contributed by atoms with Crippen molar-refractivity contribution < 1.29 is 37.9 Å². The number of ether oxygens (including phenoxy) is 8. The molecule has 234 valence electrons. The minimum absolute atomic E-state index is 0.0545. The summed E-state index contributed by atoms with van der Waals surface area (Å²) < 4.78 is 45.7. The lowest BCUT2D eigenvalue weighted by molar-refractivity contribution is -0.169. The molecule has 0 saturated carbocycles. The summed E-state index contributed by atoms with van der Waals surface area (Å²) in [6.07, 6.45) is 7.74. The van der Waals surface area contributed by atoms with Gasteiger partial charge in [-0.25, -0.2) is 0 Å². The molecular formula is C31H52N2O8. The van der Waals surface area contributed by atoms with Crippen molar-refractivity contribution in [3.05, 3.63) is 29.8 Å². The minimum atomic E-state index is -0.0711. The first-order chi connectivity index (χ1) is 20.3. The molecule has 3 aliphatic heterocycles. The third kappa shape index (κ3) is 12.8. The highest BCUT2D eigenvalue weighted by atomic mass is 16.7. The standard InChI is InChI=1S/C31H52N2O8/c1-32-29(26-8-10-27(11-9-26)36-22-23-41-31-7-3-5-15-39-31)25-33-13-12-28(24-33)37-20-18-34-16-17-35-19-21-40-30-6-2-4-14-38-30/h8-11,28-32H,2-7,12-25H2,1H3. The van der Waals surface area contributed by atoms with E-state index in [1.54, 1.807) is 0 Å². The molecule has 10 heteroatoms. The molecule has 4 atom stereocenters. The molecule has 0 spiro atoms. The zero-order valence-corrected chi connectivity index (χ0v) is 25.0. The molecule has 0 bridgehead atoms. The summed E-state index contributed by atoms with van der Waals surface area (Å²) in [7, 11) is 2.02. The van der Waals surface area contributed by atoms with Gasteiger partial charge in [0.15, 0.2) is 12.6 Å². The third-order valence-corrected chi connectivity index (χ3v) is 7.72. The highest BCUT2D eigenvalue weighted by Gasteiger charge is 2.25. The van der Waals surface area contributed by atoms with Crippen molar-refractivity contribution in [3.8, 4) is 5.75 Å². The topological polar surface area (TPSA) is 89.1 Å². The summed E-state index contributed by atoms with van der Waals surface area (Å²) in [4.78, 5) is 2.47. The summed E-state index contributed by atoms with van der Waals surface area (Å²) in [5.74, 6) is 0.860. The van der Waals surface area contributed by atoms with E-state index in [0.717, 1.165) is 70.7 Å². The van der Waals surface area contributed by atoms with Crippen molar-refractivity contribution in [3.63, 3.8) is 0 Å². The molecule has 4 rings (SSSR count). The predicted molar refractivity (Wildman–Crippen MR) is 155 cm³/mol. The van der Waals surface area contributed by atoms with E-state index in [2.05, 4.69) is 22.3 Å². The van der Waals surface area contributed by atoms with Crippen molar-refractivity contribution in [1.29, 1.82) is 0 Å². The van der Waals surface area contributed by atoms with E-state index in [0.29, 0.717) is 52.9 Å².